The third-order valence-corrected chi connectivity index (χ3v) is 24.9. The molecule has 10 aromatic carbocycles. The van der Waals surface area contributed by atoms with E-state index in [1.54, 1.807) is 0 Å². The molecule has 10 aromatic rings. The van der Waals surface area contributed by atoms with Crippen LogP contribution < -0.4 is 26.2 Å². The van der Waals surface area contributed by atoms with E-state index in [1.165, 1.54) is 226 Å². The molecule has 0 saturated heterocycles. The van der Waals surface area contributed by atoms with Crippen LogP contribution in [0.5, 0.6) is 0 Å². The van der Waals surface area contributed by atoms with Crippen LogP contribution in [0.25, 0.3) is 61.2 Å². The van der Waals surface area contributed by atoms with Gasteiger partial charge in [0.1, 0.15) is 0 Å². The molecule has 0 aromatic heterocycles. The first-order chi connectivity index (χ1) is 50.0. The van der Waals surface area contributed by atoms with E-state index < -0.39 is 0 Å². The van der Waals surface area contributed by atoms with E-state index in [1.807, 2.05) is 0 Å². The molecule has 8 aliphatic rings. The Kier molecular flexibility index (Phi) is 16.3. The number of rotatable bonds is 10. The first-order valence-corrected chi connectivity index (χ1v) is 39.0. The van der Waals surface area contributed by atoms with Crippen LogP contribution in [0.15, 0.2) is 289 Å². The highest BCUT2D eigenvalue weighted by Gasteiger charge is 2.49. The summed E-state index contributed by atoms with van der Waals surface area (Å²) in [6, 6.07) is 88.3. The number of fused-ring (bicyclic) bond motifs is 4. The standard InChI is InChI=1S/C100H97BN2/c1-98(2,3)78-51-73-45-46-74-52-79(99(4,5)6)61-86-81(58-77(53-78)93(73)94(74)86)72-47-49-87-90(60-72)103(97-84(69-41-27-15-28-42-69)56-76(66-35-21-12-22-36-66)57-85(97)70-43-29-16-30-44-70)92-63-80(100(7,8)9)62-91-95(92)101(87)88-59-71(64-31-17-10-18-32-64)48-50-89(88)102(91)96-82(67-37-23-13-24-38-67)54-75(65-33-19-11-20-34-65)55-83(96)68-39-25-14-26-40-68/h10,13-18,23-32,37-51,53-63,65-66,74,93-94H,11-12,19-22,33-36,52H2,1-9H3. The van der Waals surface area contributed by atoms with Crippen LogP contribution in [0.4, 0.5) is 34.1 Å². The number of nitrogens with zero attached hydrogens (tertiary/aromatic N) is 2. The van der Waals surface area contributed by atoms with Crippen LogP contribution in [0.3, 0.4) is 0 Å². The molecule has 3 heteroatoms. The third kappa shape index (κ3) is 11.5. The second-order valence-corrected chi connectivity index (χ2v) is 34.4. The Labute approximate surface area is 614 Å². The Morgan fingerprint density at radius 3 is 1.32 bits per heavy atom. The maximum Gasteiger partial charge on any atom is 0.252 e. The zero-order chi connectivity index (χ0) is 70.0. The minimum Gasteiger partial charge on any atom is -0.310 e. The van der Waals surface area contributed by atoms with E-state index in [9.17, 15) is 0 Å². The summed E-state index contributed by atoms with van der Waals surface area (Å²) in [7, 11) is 0. The molecular weight excluding hydrogens is 1240 g/mol. The average Bonchev–Trinajstić information content (AvgIpc) is 0.687. The molecule has 0 bridgehead atoms. The Bertz CT molecular complexity index is 5060. The molecule has 0 N–H and O–H groups in total. The van der Waals surface area contributed by atoms with Crippen molar-refractivity contribution in [2.75, 3.05) is 9.80 Å². The normalized spacial score (nSPS) is 19.4. The number of benzene rings is 10. The fourth-order valence-electron chi connectivity index (χ4n) is 19.4. The van der Waals surface area contributed by atoms with Crippen LogP contribution >= 0.6 is 0 Å². The molecule has 6 aliphatic carbocycles. The highest BCUT2D eigenvalue weighted by Crippen LogP contribution is 2.60. The van der Waals surface area contributed by atoms with Gasteiger partial charge < -0.3 is 9.80 Å². The van der Waals surface area contributed by atoms with Crippen molar-refractivity contribution in [3.05, 3.63) is 311 Å². The average molecular weight is 1340 g/mol. The van der Waals surface area contributed by atoms with Gasteiger partial charge in [-0.3, -0.25) is 0 Å². The van der Waals surface area contributed by atoms with Crippen LogP contribution in [-0.4, -0.2) is 6.71 Å². The second-order valence-electron chi connectivity index (χ2n) is 34.4. The summed E-state index contributed by atoms with van der Waals surface area (Å²) >= 11 is 0. The molecule has 0 amide bonds. The second kappa shape index (κ2) is 25.6. The zero-order valence-electron chi connectivity index (χ0n) is 62.0. The van der Waals surface area contributed by atoms with E-state index in [-0.39, 0.29) is 23.0 Å². The van der Waals surface area contributed by atoms with Gasteiger partial charge in [-0.1, -0.05) is 319 Å². The minimum atomic E-state index is -0.268. The number of anilines is 6. The van der Waals surface area contributed by atoms with Crippen LogP contribution in [0, 0.1) is 28.6 Å². The van der Waals surface area contributed by atoms with Crippen molar-refractivity contribution in [3.8, 4) is 55.6 Å². The topological polar surface area (TPSA) is 6.48 Å². The SMILES string of the molecule is CC(C)(C)C1=CC2=CC(c3ccc4c(c3)N(c3c(-c5ccccc5)cc(C5CCCCC5)cc3-c3ccccc3)c3cc(C(C)(C)C)cc5c3B4c3cc(-c4ccccc4)ccc3N5c3c(-c4ccccc4)cc(C4CCCCC4)cc3-c3ccccc3)=C3C=C(C(C)(C)C)CC4C=CC(=C1)C2C34. The highest BCUT2D eigenvalue weighted by atomic mass is 15.2. The van der Waals surface area contributed by atoms with E-state index in [0.29, 0.717) is 29.6 Å². The molecule has 2 nitrogen and oxygen atoms in total. The van der Waals surface area contributed by atoms with E-state index in [4.69, 9.17) is 0 Å². The first kappa shape index (κ1) is 65.3. The summed E-state index contributed by atoms with van der Waals surface area (Å²) in [4.78, 5) is 5.63. The summed E-state index contributed by atoms with van der Waals surface area (Å²) < 4.78 is 0. The predicted octanol–water partition coefficient (Wildman–Crippen LogP) is 25.9. The predicted molar refractivity (Wildman–Crippen MR) is 440 cm³/mol. The van der Waals surface area contributed by atoms with Gasteiger partial charge in [-0.05, 0) is 215 Å². The van der Waals surface area contributed by atoms with Crippen LogP contribution in [0.2, 0.25) is 0 Å². The largest absolute Gasteiger partial charge is 0.310 e. The Hall–Kier alpha value is -9.70. The Balaban J connectivity index is 0.999. The van der Waals surface area contributed by atoms with Gasteiger partial charge in [-0.2, -0.15) is 0 Å². The maximum absolute atomic E-state index is 2.85. The lowest BCUT2D eigenvalue weighted by Gasteiger charge is -2.48. The summed E-state index contributed by atoms with van der Waals surface area (Å²) in [5, 5.41) is 0. The number of hydrogen-bond donors (Lipinski definition) is 0. The Morgan fingerprint density at radius 2 is 0.845 bits per heavy atom. The van der Waals surface area contributed by atoms with Crippen molar-refractivity contribution in [3.63, 3.8) is 0 Å². The van der Waals surface area contributed by atoms with Gasteiger partial charge in [0.05, 0.1) is 11.4 Å². The van der Waals surface area contributed by atoms with Gasteiger partial charge in [0, 0.05) is 56.8 Å². The quantitative estimate of drug-likeness (QED) is 0.126. The molecule has 3 atom stereocenters. The third-order valence-electron chi connectivity index (χ3n) is 24.9. The van der Waals surface area contributed by atoms with Crippen molar-refractivity contribution in [1.82, 2.24) is 0 Å². The summed E-state index contributed by atoms with van der Waals surface area (Å²) in [6.45, 7) is 21.6. The molecule has 0 spiro atoms. The van der Waals surface area contributed by atoms with Crippen molar-refractivity contribution in [1.29, 1.82) is 0 Å². The smallest absolute Gasteiger partial charge is 0.252 e. The molecule has 2 heterocycles. The summed E-state index contributed by atoms with van der Waals surface area (Å²) in [6.07, 6.45) is 29.2. The van der Waals surface area contributed by atoms with Crippen molar-refractivity contribution in [2.24, 2.45) is 28.6 Å². The molecule has 2 saturated carbocycles. The van der Waals surface area contributed by atoms with Gasteiger partial charge >= 0.3 is 0 Å². The van der Waals surface area contributed by atoms with Crippen molar-refractivity contribution < 1.29 is 0 Å². The van der Waals surface area contributed by atoms with Crippen molar-refractivity contribution >= 4 is 62.8 Å². The lowest BCUT2D eigenvalue weighted by Crippen LogP contribution is -2.61. The van der Waals surface area contributed by atoms with Crippen LogP contribution in [0.1, 0.15) is 167 Å². The Morgan fingerprint density at radius 1 is 0.369 bits per heavy atom. The molecule has 2 fully saturated rings. The molecule has 18 rings (SSSR count). The fraction of sp³-hybridized carbons (Fsp3) is 0.280. The van der Waals surface area contributed by atoms with Crippen LogP contribution in [-0.2, 0) is 5.41 Å². The molecule has 510 valence electrons. The first-order valence-electron chi connectivity index (χ1n) is 39.0. The molecule has 103 heavy (non-hydrogen) atoms. The van der Waals surface area contributed by atoms with Gasteiger partial charge in [0.15, 0.2) is 0 Å². The minimum absolute atomic E-state index is 0.00913. The van der Waals surface area contributed by atoms with Gasteiger partial charge in [-0.15, -0.1) is 0 Å². The fourth-order valence-corrected chi connectivity index (χ4v) is 19.4. The maximum atomic E-state index is 2.85. The van der Waals surface area contributed by atoms with E-state index in [0.717, 1.165) is 6.42 Å². The molecule has 0 radical (unpaired) electrons. The lowest BCUT2D eigenvalue weighted by atomic mass is 9.33. The summed E-state index contributed by atoms with van der Waals surface area (Å²) in [5.74, 6) is 1.99. The summed E-state index contributed by atoms with van der Waals surface area (Å²) in [5.41, 5.74) is 37.8. The molecule has 2 aliphatic heterocycles. The zero-order valence-corrected chi connectivity index (χ0v) is 62.0. The monoisotopic (exact) mass is 1340 g/mol. The number of allylic oxidation sites excluding steroid dienone is 12. The van der Waals surface area contributed by atoms with E-state index >= 15 is 0 Å². The van der Waals surface area contributed by atoms with Gasteiger partial charge in [0.2, 0.25) is 0 Å². The van der Waals surface area contributed by atoms with Gasteiger partial charge in [0.25, 0.3) is 6.71 Å². The van der Waals surface area contributed by atoms with Crippen molar-refractivity contribution in [2.45, 2.75) is 150 Å². The highest BCUT2D eigenvalue weighted by molar-refractivity contribution is 7.00. The lowest BCUT2D eigenvalue weighted by molar-refractivity contribution is 0.329. The molecule has 3 unspecified atom stereocenters. The number of hydrogen-bond acceptors (Lipinski definition) is 2. The van der Waals surface area contributed by atoms with Gasteiger partial charge in [-0.25, -0.2) is 0 Å². The molecular formula is C100H97BN2. The van der Waals surface area contributed by atoms with E-state index in [2.05, 4.69) is 333 Å².